The number of anilines is 3. The highest BCUT2D eigenvalue weighted by atomic mass is 16.4. The van der Waals surface area contributed by atoms with Crippen molar-refractivity contribution in [2.24, 2.45) is 10.1 Å². The van der Waals surface area contributed by atoms with E-state index in [4.69, 9.17) is 0 Å². The molecule has 0 aliphatic carbocycles. The van der Waals surface area contributed by atoms with Crippen LogP contribution in [0.5, 0.6) is 0 Å². The van der Waals surface area contributed by atoms with E-state index in [1.807, 2.05) is 45.0 Å². The molecule has 0 saturated heterocycles. The Morgan fingerprint density at radius 3 is 2.05 bits per heavy atom. The fourth-order valence-electron chi connectivity index (χ4n) is 5.18. The number of amides is 2. The summed E-state index contributed by atoms with van der Waals surface area (Å²) in [5.41, 5.74) is 3.98. The molecule has 2 amide bonds. The largest absolute Gasteiger partial charge is 0.478 e. The van der Waals surface area contributed by atoms with E-state index in [-0.39, 0.29) is 17.1 Å². The predicted molar refractivity (Wildman–Crippen MR) is 161 cm³/mol. The Morgan fingerprint density at radius 1 is 0.878 bits per heavy atom. The number of carbonyl (C=O) groups excluding carboxylic acids is 2. The van der Waals surface area contributed by atoms with Gasteiger partial charge in [0, 0.05) is 18.8 Å². The first-order valence-corrected chi connectivity index (χ1v) is 13.5. The van der Waals surface area contributed by atoms with Crippen LogP contribution in [0.1, 0.15) is 30.5 Å². The van der Waals surface area contributed by atoms with Crippen LogP contribution in [-0.4, -0.2) is 47.5 Å². The van der Waals surface area contributed by atoms with E-state index >= 15 is 0 Å². The molecule has 3 aromatic carbocycles. The van der Waals surface area contributed by atoms with E-state index < -0.39 is 23.4 Å². The van der Waals surface area contributed by atoms with Gasteiger partial charge in [-0.15, -0.1) is 5.10 Å². The number of carboxylic acid groups (broad SMARTS) is 1. The Hall–Kier alpha value is -5.05. The highest BCUT2D eigenvalue weighted by Crippen LogP contribution is 2.36. The Labute approximate surface area is 238 Å². The van der Waals surface area contributed by atoms with Gasteiger partial charge in [-0.05, 0) is 82.1 Å². The lowest BCUT2D eigenvalue weighted by atomic mass is 9.94. The lowest BCUT2D eigenvalue weighted by molar-refractivity contribution is -0.132. The van der Waals surface area contributed by atoms with Gasteiger partial charge in [0.2, 0.25) is 0 Å². The van der Waals surface area contributed by atoms with Crippen LogP contribution in [0.25, 0.3) is 0 Å². The molecule has 0 saturated carbocycles. The minimum atomic E-state index is -1.43. The van der Waals surface area contributed by atoms with Crippen LogP contribution in [0.2, 0.25) is 0 Å². The van der Waals surface area contributed by atoms with Gasteiger partial charge in [-0.3, -0.25) is 14.5 Å². The van der Waals surface area contributed by atoms with Crippen molar-refractivity contribution in [3.05, 3.63) is 94.6 Å². The van der Waals surface area contributed by atoms with Gasteiger partial charge in [0.25, 0.3) is 11.8 Å². The second-order valence-corrected chi connectivity index (χ2v) is 9.97. The molecule has 0 fully saturated rings. The maximum atomic E-state index is 14.2. The maximum Gasteiger partial charge on any atom is 0.339 e. The third kappa shape index (κ3) is 4.80. The number of rotatable bonds is 7. The SMILES string of the molecule is CCN(CC)c1cc(C)c(N=C2C(=O)N(c3ccccc3)C3=NN(c4ccc(C)cc4)C(=O)C3=C2C(=O)O)c(C)c1. The van der Waals surface area contributed by atoms with Crippen LogP contribution in [0.15, 0.2) is 88.0 Å². The molecule has 9 heteroatoms. The molecule has 0 radical (unpaired) electrons. The van der Waals surface area contributed by atoms with Gasteiger partial charge in [-0.2, -0.15) is 5.01 Å². The van der Waals surface area contributed by atoms with Gasteiger partial charge >= 0.3 is 5.97 Å². The number of amidine groups is 1. The minimum absolute atomic E-state index is 0.0477. The molecule has 2 aliphatic rings. The van der Waals surface area contributed by atoms with E-state index in [0.29, 0.717) is 17.1 Å². The molecule has 2 heterocycles. The fraction of sp³-hybridized carbons (Fsp3) is 0.219. The lowest BCUT2D eigenvalue weighted by Crippen LogP contribution is -2.49. The monoisotopic (exact) mass is 549 g/mol. The second kappa shape index (κ2) is 10.8. The summed E-state index contributed by atoms with van der Waals surface area (Å²) in [4.78, 5) is 48.9. The molecule has 9 nitrogen and oxygen atoms in total. The summed E-state index contributed by atoms with van der Waals surface area (Å²) in [6, 6.07) is 19.8. The number of nitrogens with zero attached hydrogens (tertiary/aromatic N) is 5. The molecule has 0 spiro atoms. The second-order valence-electron chi connectivity index (χ2n) is 9.97. The summed E-state index contributed by atoms with van der Waals surface area (Å²) >= 11 is 0. The molecule has 41 heavy (non-hydrogen) atoms. The number of hydrogen-bond acceptors (Lipinski definition) is 6. The van der Waals surface area contributed by atoms with Crippen molar-refractivity contribution < 1.29 is 19.5 Å². The number of para-hydroxylation sites is 1. The van der Waals surface area contributed by atoms with Crippen molar-refractivity contribution >= 4 is 52.1 Å². The van der Waals surface area contributed by atoms with E-state index in [9.17, 15) is 19.5 Å². The Balaban J connectivity index is 1.75. The lowest BCUT2D eigenvalue weighted by Gasteiger charge is -2.28. The number of carboxylic acids is 1. The van der Waals surface area contributed by atoms with Crippen LogP contribution >= 0.6 is 0 Å². The van der Waals surface area contributed by atoms with Crippen LogP contribution in [0, 0.1) is 20.8 Å². The Kier molecular flexibility index (Phi) is 7.28. The zero-order valence-electron chi connectivity index (χ0n) is 23.7. The standard InChI is InChI=1S/C32H31N5O4/c1-6-35(7-2)24-17-20(4)27(21(5)18-24)33-28-25(32(40)41)26-29(36(31(28)39)22-11-9-8-10-12-22)34-37(30(26)38)23-15-13-19(3)14-16-23/h8-18H,6-7H2,1-5H3,(H,40,41). The first kappa shape index (κ1) is 27.5. The normalized spacial score (nSPS) is 15.9. The van der Waals surface area contributed by atoms with Crippen molar-refractivity contribution in [1.82, 2.24) is 0 Å². The molecule has 0 aromatic heterocycles. The zero-order chi connectivity index (χ0) is 29.4. The quantitative estimate of drug-likeness (QED) is 0.430. The number of aryl methyl sites for hydroxylation is 3. The molecule has 0 atom stereocenters. The molecule has 2 aliphatic heterocycles. The highest BCUT2D eigenvalue weighted by molar-refractivity contribution is 6.64. The molecular weight excluding hydrogens is 518 g/mol. The maximum absolute atomic E-state index is 14.2. The van der Waals surface area contributed by atoms with Crippen molar-refractivity contribution in [3.63, 3.8) is 0 Å². The number of aliphatic carboxylic acids is 1. The van der Waals surface area contributed by atoms with Crippen LogP contribution in [0.4, 0.5) is 22.7 Å². The summed E-state index contributed by atoms with van der Waals surface area (Å²) in [6.45, 7) is 11.5. The zero-order valence-corrected chi connectivity index (χ0v) is 23.7. The van der Waals surface area contributed by atoms with Gasteiger partial charge in [0.1, 0.15) is 16.9 Å². The predicted octanol–water partition coefficient (Wildman–Crippen LogP) is 5.32. The summed E-state index contributed by atoms with van der Waals surface area (Å²) in [5, 5.41) is 16.0. The number of carbonyl (C=O) groups is 3. The summed E-state index contributed by atoms with van der Waals surface area (Å²) in [7, 11) is 0. The topological polar surface area (TPSA) is 106 Å². The average Bonchev–Trinajstić information content (AvgIpc) is 3.28. The van der Waals surface area contributed by atoms with E-state index in [2.05, 4.69) is 28.8 Å². The van der Waals surface area contributed by atoms with Crippen LogP contribution in [0.3, 0.4) is 0 Å². The fourth-order valence-corrected chi connectivity index (χ4v) is 5.18. The number of benzene rings is 3. The number of aliphatic imine (C=N–C) groups is 1. The molecule has 3 aromatic rings. The Morgan fingerprint density at radius 2 is 1.49 bits per heavy atom. The number of fused-ring (bicyclic) bond motifs is 1. The molecule has 5 rings (SSSR count). The first-order valence-electron chi connectivity index (χ1n) is 13.5. The molecule has 0 bridgehead atoms. The van der Waals surface area contributed by atoms with Crippen molar-refractivity contribution in [1.29, 1.82) is 0 Å². The van der Waals surface area contributed by atoms with E-state index in [0.717, 1.165) is 40.5 Å². The summed E-state index contributed by atoms with van der Waals surface area (Å²) in [6.07, 6.45) is 0. The third-order valence-corrected chi connectivity index (χ3v) is 7.26. The van der Waals surface area contributed by atoms with Crippen LogP contribution < -0.4 is 14.8 Å². The number of hydrazone groups is 1. The molecule has 208 valence electrons. The highest BCUT2D eigenvalue weighted by Gasteiger charge is 2.48. The van der Waals surface area contributed by atoms with Gasteiger partial charge in [-0.1, -0.05) is 35.9 Å². The smallest absolute Gasteiger partial charge is 0.339 e. The summed E-state index contributed by atoms with van der Waals surface area (Å²) < 4.78 is 0. The Bertz CT molecular complexity index is 1630. The molecule has 0 unspecified atom stereocenters. The van der Waals surface area contributed by atoms with Crippen molar-refractivity contribution in [2.45, 2.75) is 34.6 Å². The van der Waals surface area contributed by atoms with Crippen molar-refractivity contribution in [2.75, 3.05) is 27.9 Å². The van der Waals surface area contributed by atoms with E-state index in [1.165, 1.54) is 4.90 Å². The first-order chi connectivity index (χ1) is 19.7. The molecular formula is C32H31N5O4. The third-order valence-electron chi connectivity index (χ3n) is 7.26. The van der Waals surface area contributed by atoms with Crippen LogP contribution in [-0.2, 0) is 14.4 Å². The van der Waals surface area contributed by atoms with Gasteiger partial charge in [0.05, 0.1) is 17.1 Å². The molecule has 1 N–H and O–H groups in total. The van der Waals surface area contributed by atoms with Gasteiger partial charge in [0.15, 0.2) is 5.84 Å². The average molecular weight is 550 g/mol. The van der Waals surface area contributed by atoms with Crippen molar-refractivity contribution in [3.8, 4) is 0 Å². The van der Waals surface area contributed by atoms with Gasteiger partial charge in [-0.25, -0.2) is 9.79 Å². The van der Waals surface area contributed by atoms with E-state index in [1.54, 1.807) is 42.5 Å². The number of hydrogen-bond donors (Lipinski definition) is 1. The summed E-state index contributed by atoms with van der Waals surface area (Å²) in [5.74, 6) is -2.80. The van der Waals surface area contributed by atoms with Gasteiger partial charge < -0.3 is 10.0 Å². The minimum Gasteiger partial charge on any atom is -0.478 e.